The van der Waals surface area contributed by atoms with Crippen LogP contribution in [0.25, 0.3) is 10.2 Å². The number of hydrogen-bond donors (Lipinski definition) is 1. The van der Waals surface area contributed by atoms with Gasteiger partial charge in [-0.15, -0.1) is 11.3 Å². The minimum absolute atomic E-state index is 0.0918. The second-order valence-electron chi connectivity index (χ2n) is 5.46. The highest BCUT2D eigenvalue weighted by molar-refractivity contribution is 7.16. The lowest BCUT2D eigenvalue weighted by atomic mass is 9.64. The van der Waals surface area contributed by atoms with Gasteiger partial charge in [0.2, 0.25) is 5.28 Å². The van der Waals surface area contributed by atoms with E-state index in [1.165, 1.54) is 0 Å². The van der Waals surface area contributed by atoms with Crippen LogP contribution in [0.2, 0.25) is 5.28 Å². The van der Waals surface area contributed by atoms with E-state index in [4.69, 9.17) is 16.3 Å². The van der Waals surface area contributed by atoms with E-state index >= 15 is 0 Å². The molecule has 0 spiro atoms. The van der Waals surface area contributed by atoms with E-state index < -0.39 is 0 Å². The Morgan fingerprint density at radius 1 is 1.47 bits per heavy atom. The van der Waals surface area contributed by atoms with E-state index in [0.717, 1.165) is 22.5 Å². The number of hydrogen-bond acceptors (Lipinski definition) is 5. The van der Waals surface area contributed by atoms with Crippen LogP contribution >= 0.6 is 22.9 Å². The van der Waals surface area contributed by atoms with Crippen molar-refractivity contribution in [1.82, 2.24) is 9.97 Å². The lowest BCUT2D eigenvalue weighted by molar-refractivity contribution is -0.0795. The van der Waals surface area contributed by atoms with Crippen LogP contribution in [0.5, 0.6) is 0 Å². The number of methoxy groups -OCH3 is 1. The van der Waals surface area contributed by atoms with E-state index in [9.17, 15) is 0 Å². The van der Waals surface area contributed by atoms with Crippen molar-refractivity contribution in [2.75, 3.05) is 12.4 Å². The lowest BCUT2D eigenvalue weighted by Gasteiger charge is -2.51. The van der Waals surface area contributed by atoms with Gasteiger partial charge in [0.25, 0.3) is 0 Å². The number of nitrogens with one attached hydrogen (secondary N) is 1. The fourth-order valence-electron chi connectivity index (χ4n) is 2.63. The standard InChI is InChI=1S/C13H16ClN3OS/c1-13(2)8(6-9(13)18-3)15-10-7-4-5-19-11(7)17-12(14)16-10/h4-5,8-9H,6H2,1-3H3,(H,15,16,17). The number of ether oxygens (including phenoxy) is 1. The lowest BCUT2D eigenvalue weighted by Crippen LogP contribution is -2.57. The van der Waals surface area contributed by atoms with Gasteiger partial charge < -0.3 is 10.1 Å². The molecule has 3 rings (SSSR count). The summed E-state index contributed by atoms with van der Waals surface area (Å²) in [5.41, 5.74) is 0.0918. The van der Waals surface area contributed by atoms with Crippen LogP contribution in [-0.2, 0) is 4.74 Å². The van der Waals surface area contributed by atoms with Crippen molar-refractivity contribution in [3.8, 4) is 0 Å². The van der Waals surface area contributed by atoms with E-state index in [0.29, 0.717) is 12.1 Å². The zero-order valence-electron chi connectivity index (χ0n) is 11.1. The third kappa shape index (κ3) is 2.10. The van der Waals surface area contributed by atoms with Crippen molar-refractivity contribution in [2.45, 2.75) is 32.4 Å². The summed E-state index contributed by atoms with van der Waals surface area (Å²) in [5, 5.41) is 6.82. The normalized spacial score (nSPS) is 25.3. The molecule has 2 aromatic heterocycles. The van der Waals surface area contributed by atoms with Crippen LogP contribution in [0.4, 0.5) is 5.82 Å². The Balaban J connectivity index is 1.88. The summed E-state index contributed by atoms with van der Waals surface area (Å²) in [4.78, 5) is 9.46. The summed E-state index contributed by atoms with van der Waals surface area (Å²) in [7, 11) is 1.77. The van der Waals surface area contributed by atoms with Crippen molar-refractivity contribution >= 4 is 39.0 Å². The van der Waals surface area contributed by atoms with Gasteiger partial charge in [-0.1, -0.05) is 13.8 Å². The Morgan fingerprint density at radius 2 is 2.26 bits per heavy atom. The first-order chi connectivity index (χ1) is 9.02. The number of aromatic nitrogens is 2. The molecule has 6 heteroatoms. The van der Waals surface area contributed by atoms with Gasteiger partial charge in [0.05, 0.1) is 11.5 Å². The SMILES string of the molecule is COC1CC(Nc2nc(Cl)nc3sccc23)C1(C)C. The van der Waals surface area contributed by atoms with Crippen molar-refractivity contribution < 1.29 is 4.74 Å². The van der Waals surface area contributed by atoms with Gasteiger partial charge in [-0.3, -0.25) is 0 Å². The number of rotatable bonds is 3. The Kier molecular flexibility index (Phi) is 3.15. The topological polar surface area (TPSA) is 47.0 Å². The predicted octanol–water partition coefficient (Wildman–Crippen LogP) is 3.57. The quantitative estimate of drug-likeness (QED) is 0.880. The fourth-order valence-corrected chi connectivity index (χ4v) is 3.62. The van der Waals surface area contributed by atoms with Gasteiger partial charge in [-0.25, -0.2) is 9.97 Å². The predicted molar refractivity (Wildman–Crippen MR) is 79.0 cm³/mol. The Hall–Kier alpha value is -0.910. The molecule has 1 fully saturated rings. The molecule has 1 aliphatic rings. The van der Waals surface area contributed by atoms with Gasteiger partial charge in [0.1, 0.15) is 10.6 Å². The molecule has 0 saturated heterocycles. The molecule has 1 N–H and O–H groups in total. The highest BCUT2D eigenvalue weighted by atomic mass is 35.5. The molecule has 2 heterocycles. The molecule has 2 aromatic rings. The first kappa shape index (κ1) is 13.1. The molecule has 4 nitrogen and oxygen atoms in total. The number of thiophene rings is 1. The van der Waals surface area contributed by atoms with Crippen LogP contribution in [0.3, 0.4) is 0 Å². The Bertz CT molecular complexity index is 613. The first-order valence-electron chi connectivity index (χ1n) is 6.22. The van der Waals surface area contributed by atoms with Crippen LogP contribution in [0.1, 0.15) is 20.3 Å². The largest absolute Gasteiger partial charge is 0.381 e. The summed E-state index contributed by atoms with van der Waals surface area (Å²) in [5.74, 6) is 0.823. The monoisotopic (exact) mass is 297 g/mol. The van der Waals surface area contributed by atoms with E-state index in [-0.39, 0.29) is 10.7 Å². The number of fused-ring (bicyclic) bond motifs is 1. The van der Waals surface area contributed by atoms with Crippen LogP contribution in [0, 0.1) is 5.41 Å². The van der Waals surface area contributed by atoms with Crippen LogP contribution in [0.15, 0.2) is 11.4 Å². The Labute approximate surface area is 121 Å². The van der Waals surface area contributed by atoms with E-state index in [1.807, 2.05) is 11.4 Å². The van der Waals surface area contributed by atoms with Crippen molar-refractivity contribution in [1.29, 1.82) is 0 Å². The van der Waals surface area contributed by atoms with Gasteiger partial charge in [-0.2, -0.15) is 0 Å². The molecule has 0 aliphatic heterocycles. The van der Waals surface area contributed by atoms with E-state index in [1.54, 1.807) is 18.4 Å². The van der Waals surface area contributed by atoms with Gasteiger partial charge >= 0.3 is 0 Å². The summed E-state index contributed by atoms with van der Waals surface area (Å²) in [6.45, 7) is 4.41. The average molecular weight is 298 g/mol. The molecule has 0 aromatic carbocycles. The third-order valence-corrected chi connectivity index (χ3v) is 5.05. The van der Waals surface area contributed by atoms with Gasteiger partial charge in [0.15, 0.2) is 0 Å². The minimum atomic E-state index is 0.0918. The second-order valence-corrected chi connectivity index (χ2v) is 6.69. The molecule has 0 amide bonds. The highest BCUT2D eigenvalue weighted by Gasteiger charge is 2.48. The molecule has 2 unspecified atom stereocenters. The maximum absolute atomic E-state index is 5.97. The number of nitrogens with zero attached hydrogens (tertiary/aromatic N) is 2. The third-order valence-electron chi connectivity index (χ3n) is 4.07. The van der Waals surface area contributed by atoms with E-state index in [2.05, 4.69) is 29.1 Å². The van der Waals surface area contributed by atoms with Crippen LogP contribution < -0.4 is 5.32 Å². The molecule has 102 valence electrons. The smallest absolute Gasteiger partial charge is 0.225 e. The summed E-state index contributed by atoms with van der Waals surface area (Å²) in [6, 6.07) is 2.37. The maximum atomic E-state index is 5.97. The number of halogens is 1. The summed E-state index contributed by atoms with van der Waals surface area (Å²) in [6.07, 6.45) is 1.27. The first-order valence-corrected chi connectivity index (χ1v) is 7.48. The molecular weight excluding hydrogens is 282 g/mol. The van der Waals surface area contributed by atoms with Gasteiger partial charge in [0, 0.05) is 18.6 Å². The molecule has 0 radical (unpaired) electrons. The average Bonchev–Trinajstić information content (AvgIpc) is 2.81. The zero-order chi connectivity index (χ0) is 13.6. The molecule has 2 atom stereocenters. The fraction of sp³-hybridized carbons (Fsp3) is 0.538. The molecular formula is C13H16ClN3OS. The van der Waals surface area contributed by atoms with Crippen molar-refractivity contribution in [3.63, 3.8) is 0 Å². The highest BCUT2D eigenvalue weighted by Crippen LogP contribution is 2.44. The maximum Gasteiger partial charge on any atom is 0.225 e. The molecule has 19 heavy (non-hydrogen) atoms. The van der Waals surface area contributed by atoms with Gasteiger partial charge in [-0.05, 0) is 29.5 Å². The molecule has 1 aliphatic carbocycles. The molecule has 1 saturated carbocycles. The second kappa shape index (κ2) is 4.58. The summed E-state index contributed by atoms with van der Waals surface area (Å²) >= 11 is 7.55. The zero-order valence-corrected chi connectivity index (χ0v) is 12.7. The minimum Gasteiger partial charge on any atom is -0.381 e. The van der Waals surface area contributed by atoms with Crippen molar-refractivity contribution in [3.05, 3.63) is 16.7 Å². The van der Waals surface area contributed by atoms with Crippen LogP contribution in [-0.4, -0.2) is 29.2 Å². The summed E-state index contributed by atoms with van der Waals surface area (Å²) < 4.78 is 5.47. The molecule has 0 bridgehead atoms. The Morgan fingerprint density at radius 3 is 2.95 bits per heavy atom. The number of anilines is 1. The van der Waals surface area contributed by atoms with Crippen molar-refractivity contribution in [2.24, 2.45) is 5.41 Å².